The molecule has 138 valence electrons. The molecular formula is C19H38O3S. The molecule has 0 atom stereocenters. The van der Waals surface area contributed by atoms with Crippen LogP contribution in [0.15, 0.2) is 12.2 Å². The molecule has 0 aliphatic rings. The average Bonchev–Trinajstić information content (AvgIpc) is 2.49. The first-order valence-electron chi connectivity index (χ1n) is 9.66. The van der Waals surface area contributed by atoms with Crippen LogP contribution in [0.2, 0.25) is 0 Å². The van der Waals surface area contributed by atoms with Gasteiger partial charge in [0.2, 0.25) is 0 Å². The Morgan fingerprint density at radius 3 is 1.43 bits per heavy atom. The van der Waals surface area contributed by atoms with Crippen molar-refractivity contribution in [1.29, 1.82) is 0 Å². The summed E-state index contributed by atoms with van der Waals surface area (Å²) < 4.78 is 29.6. The SMILES string of the molecule is CCCCCCCCCCCCCCCCC=CCS(=O)(=O)O. The molecule has 0 rings (SSSR count). The van der Waals surface area contributed by atoms with Gasteiger partial charge in [0.15, 0.2) is 0 Å². The largest absolute Gasteiger partial charge is 0.285 e. The zero-order valence-electron chi connectivity index (χ0n) is 15.1. The van der Waals surface area contributed by atoms with Gasteiger partial charge < -0.3 is 0 Å². The van der Waals surface area contributed by atoms with E-state index in [9.17, 15) is 8.42 Å². The highest BCUT2D eigenvalue weighted by Crippen LogP contribution is 2.13. The van der Waals surface area contributed by atoms with Gasteiger partial charge in [-0.05, 0) is 12.8 Å². The third-order valence-corrected chi connectivity index (χ3v) is 4.81. The standard InChI is InChI=1S/C19H38O3S/c1-2-3-4-5-6-7-8-9-10-11-12-13-14-15-16-17-18-19-23(20,21)22/h17-18H,2-16,19H2,1H3,(H,20,21,22). The van der Waals surface area contributed by atoms with Gasteiger partial charge >= 0.3 is 0 Å². The monoisotopic (exact) mass is 346 g/mol. The van der Waals surface area contributed by atoms with E-state index in [1.54, 1.807) is 0 Å². The number of allylic oxidation sites excluding steroid dienone is 1. The summed E-state index contributed by atoms with van der Waals surface area (Å²) in [4.78, 5) is 0. The Bertz CT molecular complexity index is 361. The first kappa shape index (κ1) is 22.6. The predicted octanol–water partition coefficient (Wildman–Crippen LogP) is 6.30. The van der Waals surface area contributed by atoms with Crippen molar-refractivity contribution in [3.05, 3.63) is 12.2 Å². The smallest absolute Gasteiger partial charge is 0.268 e. The third-order valence-electron chi connectivity index (χ3n) is 4.20. The molecule has 0 aromatic heterocycles. The van der Waals surface area contributed by atoms with Crippen molar-refractivity contribution in [3.63, 3.8) is 0 Å². The quantitative estimate of drug-likeness (QED) is 0.191. The van der Waals surface area contributed by atoms with Crippen LogP contribution in [0.25, 0.3) is 0 Å². The highest BCUT2D eigenvalue weighted by molar-refractivity contribution is 7.85. The van der Waals surface area contributed by atoms with Gasteiger partial charge in [-0.1, -0.05) is 103 Å². The van der Waals surface area contributed by atoms with E-state index >= 15 is 0 Å². The molecule has 0 amide bonds. The minimum atomic E-state index is -3.83. The Morgan fingerprint density at radius 2 is 1.04 bits per heavy atom. The van der Waals surface area contributed by atoms with Gasteiger partial charge in [-0.2, -0.15) is 8.42 Å². The van der Waals surface area contributed by atoms with Crippen molar-refractivity contribution in [2.24, 2.45) is 0 Å². The molecule has 0 heterocycles. The zero-order valence-corrected chi connectivity index (χ0v) is 16.0. The van der Waals surface area contributed by atoms with Crippen molar-refractivity contribution in [3.8, 4) is 0 Å². The minimum Gasteiger partial charge on any atom is -0.285 e. The summed E-state index contributed by atoms with van der Waals surface area (Å²) in [6.45, 7) is 2.26. The molecule has 0 saturated heterocycles. The highest BCUT2D eigenvalue weighted by Gasteiger charge is 1.98. The van der Waals surface area contributed by atoms with Gasteiger partial charge in [0.1, 0.15) is 0 Å². The van der Waals surface area contributed by atoms with Crippen LogP contribution in [-0.4, -0.2) is 18.7 Å². The summed E-state index contributed by atoms with van der Waals surface area (Å²) in [5.74, 6) is -0.258. The normalized spacial score (nSPS) is 12.3. The van der Waals surface area contributed by atoms with E-state index < -0.39 is 10.1 Å². The molecule has 3 nitrogen and oxygen atoms in total. The molecule has 4 heteroatoms. The molecule has 23 heavy (non-hydrogen) atoms. The molecule has 0 spiro atoms. The zero-order chi connectivity index (χ0) is 17.2. The van der Waals surface area contributed by atoms with Crippen LogP contribution in [0.5, 0.6) is 0 Å². The van der Waals surface area contributed by atoms with Crippen LogP contribution >= 0.6 is 0 Å². The van der Waals surface area contributed by atoms with Crippen LogP contribution in [0.1, 0.15) is 103 Å². The molecule has 0 fully saturated rings. The van der Waals surface area contributed by atoms with Crippen LogP contribution in [0.4, 0.5) is 0 Å². The molecule has 0 saturated carbocycles. The van der Waals surface area contributed by atoms with E-state index in [1.165, 1.54) is 89.5 Å². The summed E-state index contributed by atoms with van der Waals surface area (Å²) in [6, 6.07) is 0. The average molecular weight is 347 g/mol. The summed E-state index contributed by atoms with van der Waals surface area (Å²) in [6.07, 6.45) is 23.2. The van der Waals surface area contributed by atoms with Gasteiger partial charge in [-0.3, -0.25) is 4.55 Å². The van der Waals surface area contributed by atoms with Gasteiger partial charge in [-0.25, -0.2) is 0 Å². The fourth-order valence-corrected chi connectivity index (χ4v) is 3.14. The molecule has 0 aromatic rings. The van der Waals surface area contributed by atoms with E-state index in [0.717, 1.165) is 12.8 Å². The Hall–Kier alpha value is -0.350. The molecule has 0 bridgehead atoms. The number of rotatable bonds is 17. The number of hydrogen-bond donors (Lipinski definition) is 1. The third kappa shape index (κ3) is 21.6. The van der Waals surface area contributed by atoms with Crippen molar-refractivity contribution in [2.75, 3.05) is 5.75 Å². The van der Waals surface area contributed by atoms with E-state index in [0.29, 0.717) is 0 Å². The lowest BCUT2D eigenvalue weighted by atomic mass is 10.0. The van der Waals surface area contributed by atoms with Crippen LogP contribution < -0.4 is 0 Å². The fourth-order valence-electron chi connectivity index (χ4n) is 2.76. The van der Waals surface area contributed by atoms with Crippen molar-refractivity contribution in [2.45, 2.75) is 103 Å². The van der Waals surface area contributed by atoms with E-state index in [-0.39, 0.29) is 5.75 Å². The molecule has 0 aliphatic carbocycles. The maximum Gasteiger partial charge on any atom is 0.268 e. The maximum atomic E-state index is 10.5. The second-order valence-corrected chi connectivity index (χ2v) is 8.10. The summed E-state index contributed by atoms with van der Waals surface area (Å²) in [5.41, 5.74) is 0. The second kappa shape index (κ2) is 16.5. The van der Waals surface area contributed by atoms with Gasteiger partial charge in [0, 0.05) is 0 Å². The Morgan fingerprint density at radius 1 is 0.652 bits per heavy atom. The maximum absolute atomic E-state index is 10.5. The second-order valence-electron chi connectivity index (χ2n) is 6.60. The molecule has 0 radical (unpaired) electrons. The Labute approximate surface area is 144 Å². The Kier molecular flexibility index (Phi) is 16.3. The van der Waals surface area contributed by atoms with Crippen LogP contribution in [0.3, 0.4) is 0 Å². The van der Waals surface area contributed by atoms with Crippen molar-refractivity contribution < 1.29 is 13.0 Å². The first-order chi connectivity index (χ1) is 11.1. The van der Waals surface area contributed by atoms with E-state index in [2.05, 4.69) is 6.92 Å². The topological polar surface area (TPSA) is 54.4 Å². The van der Waals surface area contributed by atoms with Gasteiger partial charge in [-0.15, -0.1) is 0 Å². The molecular weight excluding hydrogens is 308 g/mol. The fraction of sp³-hybridized carbons (Fsp3) is 0.895. The lowest BCUT2D eigenvalue weighted by Crippen LogP contribution is -1.99. The van der Waals surface area contributed by atoms with Crippen molar-refractivity contribution in [1.82, 2.24) is 0 Å². The lowest BCUT2D eigenvalue weighted by Gasteiger charge is -2.02. The molecule has 1 N–H and O–H groups in total. The van der Waals surface area contributed by atoms with Gasteiger partial charge in [0.05, 0.1) is 5.75 Å². The predicted molar refractivity (Wildman–Crippen MR) is 100 cm³/mol. The number of hydrogen-bond acceptors (Lipinski definition) is 2. The molecule has 0 unspecified atom stereocenters. The number of unbranched alkanes of at least 4 members (excludes halogenated alkanes) is 14. The van der Waals surface area contributed by atoms with Crippen LogP contribution in [-0.2, 0) is 10.1 Å². The minimum absolute atomic E-state index is 0.258. The Balaban J connectivity index is 3.11. The van der Waals surface area contributed by atoms with Gasteiger partial charge in [0.25, 0.3) is 10.1 Å². The van der Waals surface area contributed by atoms with E-state index in [4.69, 9.17) is 4.55 Å². The highest BCUT2D eigenvalue weighted by atomic mass is 32.2. The summed E-state index contributed by atoms with van der Waals surface area (Å²) >= 11 is 0. The van der Waals surface area contributed by atoms with Crippen LogP contribution in [0, 0.1) is 0 Å². The van der Waals surface area contributed by atoms with Crippen molar-refractivity contribution >= 4 is 10.1 Å². The lowest BCUT2D eigenvalue weighted by molar-refractivity contribution is 0.486. The molecule has 0 aromatic carbocycles. The molecule has 0 aliphatic heterocycles. The summed E-state index contributed by atoms with van der Waals surface area (Å²) in [7, 11) is -3.83. The summed E-state index contributed by atoms with van der Waals surface area (Å²) in [5, 5.41) is 0. The van der Waals surface area contributed by atoms with E-state index in [1.807, 2.05) is 6.08 Å². The first-order valence-corrected chi connectivity index (χ1v) is 11.3.